The number of carbonyl (C=O) groups excluding carboxylic acids is 1. The van der Waals surface area contributed by atoms with E-state index in [4.69, 9.17) is 10.5 Å². The van der Waals surface area contributed by atoms with Crippen molar-refractivity contribution < 1.29 is 9.53 Å². The van der Waals surface area contributed by atoms with Gasteiger partial charge < -0.3 is 15.8 Å². The van der Waals surface area contributed by atoms with Crippen LogP contribution < -0.4 is 15.8 Å². The number of hydrogen-bond donors (Lipinski definition) is 2. The largest absolute Gasteiger partial charge is 0.492 e. The van der Waals surface area contributed by atoms with Gasteiger partial charge in [-0.1, -0.05) is 38.5 Å². The predicted octanol–water partition coefficient (Wildman–Crippen LogP) is 1.98. The molecule has 1 aromatic carbocycles. The number of nitrogens with one attached hydrogen (secondary N) is 1. The Morgan fingerprint density at radius 1 is 1.37 bits per heavy atom. The van der Waals surface area contributed by atoms with E-state index in [9.17, 15) is 4.79 Å². The predicted molar refractivity (Wildman–Crippen MR) is 79.6 cm³/mol. The lowest BCUT2D eigenvalue weighted by molar-refractivity contribution is -0.123. The summed E-state index contributed by atoms with van der Waals surface area (Å²) in [6.45, 7) is 4.92. The Morgan fingerprint density at radius 3 is 2.58 bits per heavy atom. The van der Waals surface area contributed by atoms with Gasteiger partial charge in [-0.2, -0.15) is 0 Å². The molecule has 0 heterocycles. The second-order valence-electron chi connectivity index (χ2n) is 4.36. The van der Waals surface area contributed by atoms with Crippen molar-refractivity contribution in [3.8, 4) is 5.75 Å². The van der Waals surface area contributed by atoms with Crippen molar-refractivity contribution in [1.82, 2.24) is 5.32 Å². The fourth-order valence-corrected chi connectivity index (χ4v) is 1.49. The minimum Gasteiger partial charge on any atom is -0.492 e. The van der Waals surface area contributed by atoms with Gasteiger partial charge in [-0.25, -0.2) is 0 Å². The molecule has 3 N–H and O–H groups in total. The Kier molecular flexibility index (Phi) is 9.00. The Balaban J connectivity index is 0.00000324. The van der Waals surface area contributed by atoms with Crippen LogP contribution in [0, 0.1) is 5.92 Å². The molecule has 0 bridgehead atoms. The summed E-state index contributed by atoms with van der Waals surface area (Å²) in [5, 5.41) is 2.78. The molecule has 4 nitrogen and oxygen atoms in total. The molecule has 2 unspecified atom stereocenters. The summed E-state index contributed by atoms with van der Waals surface area (Å²) in [4.78, 5) is 11.7. The number of para-hydroxylation sites is 1. The van der Waals surface area contributed by atoms with E-state index in [1.807, 2.05) is 44.2 Å². The number of benzene rings is 1. The van der Waals surface area contributed by atoms with Gasteiger partial charge in [0.1, 0.15) is 12.4 Å². The average molecular weight is 287 g/mol. The Labute approximate surface area is 121 Å². The fraction of sp³-hybridized carbons (Fsp3) is 0.500. The summed E-state index contributed by atoms with van der Waals surface area (Å²) in [5.74, 6) is 0.888. The number of halogens is 1. The van der Waals surface area contributed by atoms with Crippen molar-refractivity contribution >= 4 is 18.3 Å². The first kappa shape index (κ1) is 17.7. The van der Waals surface area contributed by atoms with Gasteiger partial charge in [0.2, 0.25) is 5.91 Å². The summed E-state index contributed by atoms with van der Waals surface area (Å²) < 4.78 is 5.47. The number of rotatable bonds is 7. The SMILES string of the molecule is CCC(C)C(N)C(=O)NCCOc1ccccc1.Cl. The molecule has 0 spiro atoms. The van der Waals surface area contributed by atoms with Crippen molar-refractivity contribution in [3.63, 3.8) is 0 Å². The normalized spacial score (nSPS) is 13.0. The average Bonchev–Trinajstić information content (AvgIpc) is 2.42. The number of hydrogen-bond acceptors (Lipinski definition) is 3. The molecule has 0 aromatic heterocycles. The van der Waals surface area contributed by atoms with Crippen LogP contribution >= 0.6 is 12.4 Å². The van der Waals surface area contributed by atoms with Crippen molar-refractivity contribution in [2.75, 3.05) is 13.2 Å². The highest BCUT2D eigenvalue weighted by atomic mass is 35.5. The van der Waals surface area contributed by atoms with Crippen molar-refractivity contribution in [2.45, 2.75) is 26.3 Å². The first-order valence-corrected chi connectivity index (χ1v) is 6.36. The van der Waals surface area contributed by atoms with Gasteiger partial charge in [-0.3, -0.25) is 4.79 Å². The van der Waals surface area contributed by atoms with Crippen LogP contribution in [-0.2, 0) is 4.79 Å². The number of carbonyl (C=O) groups is 1. The van der Waals surface area contributed by atoms with Gasteiger partial charge in [0, 0.05) is 0 Å². The van der Waals surface area contributed by atoms with E-state index in [-0.39, 0.29) is 24.2 Å². The lowest BCUT2D eigenvalue weighted by Gasteiger charge is -2.17. The first-order chi connectivity index (χ1) is 8.65. The van der Waals surface area contributed by atoms with Gasteiger partial charge >= 0.3 is 0 Å². The maximum absolute atomic E-state index is 11.7. The van der Waals surface area contributed by atoms with E-state index < -0.39 is 6.04 Å². The zero-order valence-corrected chi connectivity index (χ0v) is 12.3. The monoisotopic (exact) mass is 286 g/mol. The Morgan fingerprint density at radius 2 is 2.00 bits per heavy atom. The number of amides is 1. The summed E-state index contributed by atoms with van der Waals surface area (Å²) in [5.41, 5.74) is 5.81. The van der Waals surface area contributed by atoms with Crippen LogP contribution in [0.15, 0.2) is 30.3 Å². The molecular weight excluding hydrogens is 264 g/mol. The molecule has 0 fully saturated rings. The van der Waals surface area contributed by atoms with Gasteiger partial charge in [0.25, 0.3) is 0 Å². The molecular formula is C14H23ClN2O2. The molecule has 108 valence electrons. The highest BCUT2D eigenvalue weighted by Crippen LogP contribution is 2.07. The van der Waals surface area contributed by atoms with Crippen LogP contribution in [0.3, 0.4) is 0 Å². The minimum atomic E-state index is -0.438. The zero-order chi connectivity index (χ0) is 13.4. The van der Waals surface area contributed by atoms with Crippen molar-refractivity contribution in [1.29, 1.82) is 0 Å². The maximum atomic E-state index is 11.7. The third kappa shape index (κ3) is 6.45. The second kappa shape index (κ2) is 9.64. The van der Waals surface area contributed by atoms with Gasteiger partial charge in [-0.15, -0.1) is 12.4 Å². The van der Waals surface area contributed by atoms with Crippen LogP contribution in [0.1, 0.15) is 20.3 Å². The quantitative estimate of drug-likeness (QED) is 0.753. The van der Waals surface area contributed by atoms with E-state index in [0.717, 1.165) is 12.2 Å². The van der Waals surface area contributed by atoms with Crippen LogP contribution in [0.5, 0.6) is 5.75 Å². The molecule has 0 saturated carbocycles. The molecule has 1 rings (SSSR count). The topological polar surface area (TPSA) is 64.4 Å². The highest BCUT2D eigenvalue weighted by Gasteiger charge is 2.18. The van der Waals surface area contributed by atoms with Gasteiger partial charge in [0.15, 0.2) is 0 Å². The van der Waals surface area contributed by atoms with E-state index in [0.29, 0.717) is 13.2 Å². The maximum Gasteiger partial charge on any atom is 0.237 e. The van der Waals surface area contributed by atoms with Crippen LogP contribution in [-0.4, -0.2) is 25.1 Å². The lowest BCUT2D eigenvalue weighted by Crippen LogP contribution is -2.45. The van der Waals surface area contributed by atoms with Gasteiger partial charge in [-0.05, 0) is 18.1 Å². The molecule has 19 heavy (non-hydrogen) atoms. The highest BCUT2D eigenvalue weighted by molar-refractivity contribution is 5.85. The molecule has 5 heteroatoms. The second-order valence-corrected chi connectivity index (χ2v) is 4.36. The zero-order valence-electron chi connectivity index (χ0n) is 11.5. The van der Waals surface area contributed by atoms with Crippen LogP contribution in [0.4, 0.5) is 0 Å². The number of ether oxygens (including phenoxy) is 1. The van der Waals surface area contributed by atoms with E-state index >= 15 is 0 Å². The summed E-state index contributed by atoms with van der Waals surface area (Å²) in [6, 6.07) is 9.07. The molecule has 0 radical (unpaired) electrons. The summed E-state index contributed by atoms with van der Waals surface area (Å²) in [7, 11) is 0. The standard InChI is InChI=1S/C14H22N2O2.ClH/c1-3-11(2)13(15)14(17)16-9-10-18-12-7-5-4-6-8-12;/h4-8,11,13H,3,9-10,15H2,1-2H3,(H,16,17);1H. The van der Waals surface area contributed by atoms with Crippen LogP contribution in [0.25, 0.3) is 0 Å². The Bertz CT molecular complexity index is 360. The summed E-state index contributed by atoms with van der Waals surface area (Å²) >= 11 is 0. The first-order valence-electron chi connectivity index (χ1n) is 6.36. The Hall–Kier alpha value is -1.26. The van der Waals surface area contributed by atoms with E-state index in [1.54, 1.807) is 0 Å². The number of nitrogens with two attached hydrogens (primary N) is 1. The fourth-order valence-electron chi connectivity index (χ4n) is 1.49. The van der Waals surface area contributed by atoms with Crippen molar-refractivity contribution in [2.24, 2.45) is 11.7 Å². The molecule has 2 atom stereocenters. The molecule has 0 aliphatic rings. The molecule has 0 aliphatic heterocycles. The molecule has 0 aliphatic carbocycles. The molecule has 1 amide bonds. The third-order valence-electron chi connectivity index (χ3n) is 2.97. The third-order valence-corrected chi connectivity index (χ3v) is 2.97. The van der Waals surface area contributed by atoms with E-state index in [1.165, 1.54) is 0 Å². The van der Waals surface area contributed by atoms with Crippen LogP contribution in [0.2, 0.25) is 0 Å². The van der Waals surface area contributed by atoms with Crippen molar-refractivity contribution in [3.05, 3.63) is 30.3 Å². The molecule has 1 aromatic rings. The smallest absolute Gasteiger partial charge is 0.237 e. The molecule has 0 saturated heterocycles. The minimum absolute atomic E-state index is 0. The van der Waals surface area contributed by atoms with E-state index in [2.05, 4.69) is 5.32 Å². The lowest BCUT2D eigenvalue weighted by atomic mass is 9.99. The summed E-state index contributed by atoms with van der Waals surface area (Å²) in [6.07, 6.45) is 0.898. The van der Waals surface area contributed by atoms with Gasteiger partial charge in [0.05, 0.1) is 12.6 Å².